The molecule has 0 atom stereocenters. The lowest BCUT2D eigenvalue weighted by Gasteiger charge is -2.09. The first-order valence-electron chi connectivity index (χ1n) is 6.32. The van der Waals surface area contributed by atoms with Crippen LogP contribution in [-0.4, -0.2) is 15.9 Å². The number of benzene rings is 1. The fourth-order valence-corrected chi connectivity index (χ4v) is 2.01. The lowest BCUT2D eigenvalue weighted by Crippen LogP contribution is -2.24. The highest BCUT2D eigenvalue weighted by molar-refractivity contribution is 6.30. The molecule has 0 saturated heterocycles. The highest BCUT2D eigenvalue weighted by Crippen LogP contribution is 2.11. The van der Waals surface area contributed by atoms with Crippen LogP contribution in [0.15, 0.2) is 24.3 Å². The Balaban J connectivity index is 2.09. The van der Waals surface area contributed by atoms with Crippen LogP contribution in [0.25, 0.3) is 0 Å². The molecular weight excluding hydrogens is 274 g/mol. The third-order valence-electron chi connectivity index (χ3n) is 3.08. The van der Waals surface area contributed by atoms with Gasteiger partial charge in [0.05, 0.1) is 29.3 Å². The average molecular weight is 290 g/mol. The smallest absolute Gasteiger partial charge is 0.251 e. The van der Waals surface area contributed by atoms with Crippen molar-refractivity contribution >= 4 is 17.5 Å². The lowest BCUT2D eigenvalue weighted by atomic mass is 10.2. The Morgan fingerprint density at radius 3 is 2.55 bits per heavy atom. The molecule has 1 amide bonds. The number of hydrogen-bond donors (Lipinski definition) is 1. The molecule has 1 aromatic heterocycles. The maximum Gasteiger partial charge on any atom is 0.251 e. The quantitative estimate of drug-likeness (QED) is 0.945. The summed E-state index contributed by atoms with van der Waals surface area (Å²) in [4.78, 5) is 20.9. The highest BCUT2D eigenvalue weighted by Gasteiger charge is 2.09. The van der Waals surface area contributed by atoms with Crippen molar-refractivity contribution in [3.8, 4) is 0 Å². The fourth-order valence-electron chi connectivity index (χ4n) is 1.82. The van der Waals surface area contributed by atoms with E-state index in [2.05, 4.69) is 15.3 Å². The van der Waals surface area contributed by atoms with Crippen LogP contribution >= 0.6 is 11.6 Å². The zero-order chi connectivity index (χ0) is 14.7. The summed E-state index contributed by atoms with van der Waals surface area (Å²) in [5, 5.41) is 3.37. The number of hydrogen-bond acceptors (Lipinski definition) is 3. The van der Waals surface area contributed by atoms with E-state index in [1.165, 1.54) is 0 Å². The van der Waals surface area contributed by atoms with E-state index in [4.69, 9.17) is 11.6 Å². The van der Waals surface area contributed by atoms with E-state index in [-0.39, 0.29) is 5.91 Å². The molecule has 0 spiro atoms. The number of amides is 1. The van der Waals surface area contributed by atoms with Crippen molar-refractivity contribution < 1.29 is 4.79 Å². The molecule has 0 bridgehead atoms. The SMILES string of the molecule is Cc1nc(C)c(CNC(=O)c2cccc(Cl)c2)nc1C. The number of carbonyl (C=O) groups excluding carboxylic acids is 1. The van der Waals surface area contributed by atoms with Crippen LogP contribution < -0.4 is 5.32 Å². The zero-order valence-electron chi connectivity index (χ0n) is 11.7. The van der Waals surface area contributed by atoms with Gasteiger partial charge in [-0.15, -0.1) is 0 Å². The Kier molecular flexibility index (Phi) is 4.35. The van der Waals surface area contributed by atoms with Gasteiger partial charge >= 0.3 is 0 Å². The van der Waals surface area contributed by atoms with E-state index in [1.807, 2.05) is 20.8 Å². The lowest BCUT2D eigenvalue weighted by molar-refractivity contribution is 0.0950. The number of nitrogens with one attached hydrogen (secondary N) is 1. The van der Waals surface area contributed by atoms with Gasteiger partial charge in [-0.25, -0.2) is 0 Å². The first-order valence-corrected chi connectivity index (χ1v) is 6.69. The second kappa shape index (κ2) is 6.01. The second-order valence-corrected chi connectivity index (χ2v) is 5.06. The van der Waals surface area contributed by atoms with Gasteiger partial charge < -0.3 is 5.32 Å². The molecule has 0 radical (unpaired) electrons. The Morgan fingerprint density at radius 1 is 1.15 bits per heavy atom. The van der Waals surface area contributed by atoms with E-state index in [9.17, 15) is 4.79 Å². The van der Waals surface area contributed by atoms with E-state index in [0.29, 0.717) is 17.1 Å². The van der Waals surface area contributed by atoms with E-state index < -0.39 is 0 Å². The van der Waals surface area contributed by atoms with Gasteiger partial charge in [-0.1, -0.05) is 17.7 Å². The standard InChI is InChI=1S/C15H16ClN3O/c1-9-10(2)19-14(11(3)18-9)8-17-15(20)12-5-4-6-13(16)7-12/h4-7H,8H2,1-3H3,(H,17,20). The van der Waals surface area contributed by atoms with Crippen LogP contribution in [0.3, 0.4) is 0 Å². The van der Waals surface area contributed by atoms with E-state index in [1.54, 1.807) is 24.3 Å². The fraction of sp³-hybridized carbons (Fsp3) is 0.267. The van der Waals surface area contributed by atoms with Crippen molar-refractivity contribution in [3.05, 3.63) is 57.6 Å². The van der Waals surface area contributed by atoms with Crippen molar-refractivity contribution in [2.24, 2.45) is 0 Å². The molecule has 1 N–H and O–H groups in total. The van der Waals surface area contributed by atoms with Gasteiger partial charge in [-0.05, 0) is 39.0 Å². The molecule has 0 aliphatic heterocycles. The minimum atomic E-state index is -0.174. The minimum Gasteiger partial charge on any atom is -0.346 e. The summed E-state index contributed by atoms with van der Waals surface area (Å²) in [6.45, 7) is 6.07. The van der Waals surface area contributed by atoms with Gasteiger partial charge in [-0.2, -0.15) is 0 Å². The molecule has 5 heteroatoms. The summed E-state index contributed by atoms with van der Waals surface area (Å²) in [7, 11) is 0. The summed E-state index contributed by atoms with van der Waals surface area (Å²) in [6, 6.07) is 6.84. The molecular formula is C15H16ClN3O. The number of halogens is 1. The molecule has 20 heavy (non-hydrogen) atoms. The van der Waals surface area contributed by atoms with Gasteiger partial charge in [0.1, 0.15) is 0 Å². The Hall–Kier alpha value is -1.94. The third kappa shape index (κ3) is 3.33. The van der Waals surface area contributed by atoms with Gasteiger partial charge in [0.25, 0.3) is 5.91 Å². The van der Waals surface area contributed by atoms with Gasteiger partial charge in [0, 0.05) is 10.6 Å². The molecule has 0 saturated carbocycles. The van der Waals surface area contributed by atoms with Crippen molar-refractivity contribution in [2.45, 2.75) is 27.3 Å². The molecule has 2 aromatic rings. The summed E-state index contributed by atoms with van der Waals surface area (Å²) in [5.74, 6) is -0.174. The number of rotatable bonds is 3. The summed E-state index contributed by atoms with van der Waals surface area (Å²) < 4.78 is 0. The number of aromatic nitrogens is 2. The first kappa shape index (κ1) is 14.5. The predicted molar refractivity (Wildman–Crippen MR) is 78.9 cm³/mol. The Labute approximate surface area is 123 Å². The maximum atomic E-state index is 12.0. The van der Waals surface area contributed by atoms with Crippen molar-refractivity contribution in [1.82, 2.24) is 15.3 Å². The van der Waals surface area contributed by atoms with Crippen LogP contribution in [0.4, 0.5) is 0 Å². The topological polar surface area (TPSA) is 54.9 Å². The predicted octanol–water partition coefficient (Wildman–Crippen LogP) is 2.99. The Bertz CT molecular complexity index is 656. The zero-order valence-corrected chi connectivity index (χ0v) is 12.5. The molecule has 0 aliphatic rings. The van der Waals surface area contributed by atoms with Crippen molar-refractivity contribution in [3.63, 3.8) is 0 Å². The number of aryl methyl sites for hydroxylation is 3. The van der Waals surface area contributed by atoms with Crippen molar-refractivity contribution in [2.75, 3.05) is 0 Å². The molecule has 0 unspecified atom stereocenters. The van der Waals surface area contributed by atoms with Gasteiger partial charge in [-0.3, -0.25) is 14.8 Å². The molecule has 0 aliphatic carbocycles. The van der Waals surface area contributed by atoms with Crippen LogP contribution in [-0.2, 0) is 6.54 Å². The number of carbonyl (C=O) groups is 1. The molecule has 2 rings (SSSR count). The van der Waals surface area contributed by atoms with E-state index in [0.717, 1.165) is 22.8 Å². The summed E-state index contributed by atoms with van der Waals surface area (Å²) in [5.41, 5.74) is 3.94. The van der Waals surface area contributed by atoms with Crippen LogP contribution in [0.2, 0.25) is 5.02 Å². The normalized spacial score (nSPS) is 10.4. The third-order valence-corrected chi connectivity index (χ3v) is 3.32. The van der Waals surface area contributed by atoms with Crippen LogP contribution in [0.5, 0.6) is 0 Å². The summed E-state index contributed by atoms with van der Waals surface area (Å²) in [6.07, 6.45) is 0. The molecule has 1 aromatic carbocycles. The monoisotopic (exact) mass is 289 g/mol. The second-order valence-electron chi connectivity index (χ2n) is 4.62. The highest BCUT2D eigenvalue weighted by atomic mass is 35.5. The largest absolute Gasteiger partial charge is 0.346 e. The van der Waals surface area contributed by atoms with Crippen LogP contribution in [0.1, 0.15) is 33.1 Å². The van der Waals surface area contributed by atoms with Crippen molar-refractivity contribution in [1.29, 1.82) is 0 Å². The van der Waals surface area contributed by atoms with Crippen LogP contribution in [0, 0.1) is 20.8 Å². The average Bonchev–Trinajstić information content (AvgIpc) is 2.41. The molecule has 0 fully saturated rings. The molecule has 104 valence electrons. The Morgan fingerprint density at radius 2 is 1.85 bits per heavy atom. The first-order chi connectivity index (χ1) is 9.47. The maximum absolute atomic E-state index is 12.0. The molecule has 1 heterocycles. The van der Waals surface area contributed by atoms with E-state index >= 15 is 0 Å². The molecule has 4 nitrogen and oxygen atoms in total. The van der Waals surface area contributed by atoms with Gasteiger partial charge in [0.15, 0.2) is 0 Å². The summed E-state index contributed by atoms with van der Waals surface area (Å²) >= 11 is 5.87. The number of nitrogens with zero attached hydrogens (tertiary/aromatic N) is 2. The minimum absolute atomic E-state index is 0.174. The van der Waals surface area contributed by atoms with Gasteiger partial charge in [0.2, 0.25) is 0 Å².